The van der Waals surface area contributed by atoms with Crippen LogP contribution in [0.25, 0.3) is 0 Å². The first-order valence-electron chi connectivity index (χ1n) is 7.05. The van der Waals surface area contributed by atoms with Gasteiger partial charge in [0, 0.05) is 5.69 Å². The molecule has 22 heavy (non-hydrogen) atoms. The fourth-order valence-electron chi connectivity index (χ4n) is 2.04. The molecule has 0 unspecified atom stereocenters. The molecule has 0 fully saturated rings. The summed E-state index contributed by atoms with van der Waals surface area (Å²) in [5.74, 6) is -0.672. The van der Waals surface area contributed by atoms with Crippen LogP contribution in [-0.2, 0) is 14.3 Å². The molecule has 1 aromatic heterocycles. The highest BCUT2D eigenvalue weighted by Gasteiger charge is 2.22. The third-order valence-electron chi connectivity index (χ3n) is 2.95. The highest BCUT2D eigenvalue weighted by Crippen LogP contribution is 2.20. The number of thioether (sulfide) groups is 1. The summed E-state index contributed by atoms with van der Waals surface area (Å²) in [4.78, 5) is 38.2. The van der Waals surface area contributed by atoms with E-state index < -0.39 is 5.97 Å². The van der Waals surface area contributed by atoms with Gasteiger partial charge in [0.2, 0.25) is 0 Å². The minimum atomic E-state index is -0.438. The van der Waals surface area contributed by atoms with Crippen molar-refractivity contribution >= 4 is 29.5 Å². The van der Waals surface area contributed by atoms with Gasteiger partial charge in [-0.3, -0.25) is 9.59 Å². The number of aromatic nitrogens is 1. The topological polar surface area (TPSA) is 85.5 Å². The lowest BCUT2D eigenvalue weighted by Crippen LogP contribution is -2.11. The SMILES string of the molecule is CCOC(=O)CSCC(=O)c1[nH]c(C)c(C(=O)OCC)c1C. The predicted molar refractivity (Wildman–Crippen MR) is 84.5 cm³/mol. The Labute approximate surface area is 133 Å². The molecule has 0 saturated heterocycles. The number of H-pyrrole nitrogens is 1. The number of ketones is 1. The molecule has 0 atom stereocenters. The largest absolute Gasteiger partial charge is 0.465 e. The van der Waals surface area contributed by atoms with Crippen molar-refractivity contribution < 1.29 is 23.9 Å². The van der Waals surface area contributed by atoms with Gasteiger partial charge in [-0.25, -0.2) is 4.79 Å². The van der Waals surface area contributed by atoms with E-state index in [9.17, 15) is 14.4 Å². The molecule has 0 aliphatic carbocycles. The van der Waals surface area contributed by atoms with Crippen molar-refractivity contribution in [2.75, 3.05) is 24.7 Å². The van der Waals surface area contributed by atoms with Gasteiger partial charge in [0.05, 0.1) is 36.0 Å². The van der Waals surface area contributed by atoms with Gasteiger partial charge < -0.3 is 14.5 Å². The Hall–Kier alpha value is -1.76. The lowest BCUT2D eigenvalue weighted by molar-refractivity contribution is -0.139. The van der Waals surface area contributed by atoms with Crippen molar-refractivity contribution in [1.29, 1.82) is 0 Å². The third-order valence-corrected chi connectivity index (χ3v) is 3.86. The number of carbonyl (C=O) groups is 3. The van der Waals surface area contributed by atoms with Gasteiger partial charge in [-0.1, -0.05) is 0 Å². The van der Waals surface area contributed by atoms with E-state index >= 15 is 0 Å². The molecule has 0 amide bonds. The standard InChI is InChI=1S/C15H21NO5S/c1-5-20-12(18)8-22-7-11(17)14-9(3)13(10(4)16-14)15(19)21-6-2/h16H,5-8H2,1-4H3. The lowest BCUT2D eigenvalue weighted by Gasteiger charge is -2.03. The van der Waals surface area contributed by atoms with Crippen LogP contribution in [0.1, 0.15) is 46.0 Å². The van der Waals surface area contributed by atoms with Crippen LogP contribution in [-0.4, -0.2) is 47.4 Å². The maximum Gasteiger partial charge on any atom is 0.340 e. The number of rotatable bonds is 8. The number of nitrogens with one attached hydrogen (secondary N) is 1. The molecule has 0 spiro atoms. The molecule has 1 N–H and O–H groups in total. The van der Waals surface area contributed by atoms with Crippen LogP contribution >= 0.6 is 11.8 Å². The molecule has 0 aliphatic rings. The quantitative estimate of drug-likeness (QED) is 0.582. The highest BCUT2D eigenvalue weighted by molar-refractivity contribution is 8.00. The van der Waals surface area contributed by atoms with E-state index in [1.165, 1.54) is 11.8 Å². The van der Waals surface area contributed by atoms with E-state index in [2.05, 4.69) is 4.98 Å². The maximum absolute atomic E-state index is 12.2. The monoisotopic (exact) mass is 327 g/mol. The molecule has 1 heterocycles. The van der Waals surface area contributed by atoms with Crippen LogP contribution in [0.4, 0.5) is 0 Å². The van der Waals surface area contributed by atoms with Crippen LogP contribution in [0, 0.1) is 13.8 Å². The van der Waals surface area contributed by atoms with Crippen molar-refractivity contribution in [3.05, 3.63) is 22.5 Å². The van der Waals surface area contributed by atoms with Crippen LogP contribution in [0.2, 0.25) is 0 Å². The number of aryl methyl sites for hydroxylation is 1. The van der Waals surface area contributed by atoms with Gasteiger partial charge >= 0.3 is 11.9 Å². The Morgan fingerprint density at radius 2 is 1.68 bits per heavy atom. The van der Waals surface area contributed by atoms with Gasteiger partial charge in [0.1, 0.15) is 0 Å². The molecular formula is C15H21NO5S. The summed E-state index contributed by atoms with van der Waals surface area (Å²) in [7, 11) is 0. The van der Waals surface area contributed by atoms with Gasteiger partial charge in [0.25, 0.3) is 0 Å². The molecule has 0 aromatic carbocycles. The van der Waals surface area contributed by atoms with Crippen molar-refractivity contribution in [2.24, 2.45) is 0 Å². The van der Waals surface area contributed by atoms with E-state index in [4.69, 9.17) is 9.47 Å². The molecule has 6 nitrogen and oxygen atoms in total. The summed E-state index contributed by atoms with van der Waals surface area (Å²) in [6.45, 7) is 7.50. The Kier molecular flexibility index (Phi) is 7.17. The van der Waals surface area contributed by atoms with Gasteiger partial charge in [0.15, 0.2) is 5.78 Å². The Bertz CT molecular complexity index is 565. The first kappa shape index (κ1) is 18.3. The number of Topliss-reactive ketones (excluding diaryl/α,β-unsaturated/α-hetero) is 1. The Morgan fingerprint density at radius 1 is 1.05 bits per heavy atom. The fraction of sp³-hybridized carbons (Fsp3) is 0.533. The normalized spacial score (nSPS) is 10.4. The summed E-state index contributed by atoms with van der Waals surface area (Å²) >= 11 is 1.19. The summed E-state index contributed by atoms with van der Waals surface area (Å²) in [6, 6.07) is 0. The second-order valence-electron chi connectivity index (χ2n) is 4.57. The second kappa shape index (κ2) is 8.63. The van der Waals surface area contributed by atoms with Gasteiger partial charge in [-0.15, -0.1) is 11.8 Å². The molecular weight excluding hydrogens is 306 g/mol. The average Bonchev–Trinajstić information content (AvgIpc) is 2.74. The molecule has 0 bridgehead atoms. The number of carbonyl (C=O) groups excluding carboxylic acids is 3. The van der Waals surface area contributed by atoms with Crippen molar-refractivity contribution in [3.63, 3.8) is 0 Å². The van der Waals surface area contributed by atoms with E-state index in [1.807, 2.05) is 0 Å². The van der Waals surface area contributed by atoms with E-state index in [0.717, 1.165) is 0 Å². The summed E-state index contributed by atoms with van der Waals surface area (Å²) in [5, 5.41) is 0. The zero-order chi connectivity index (χ0) is 16.7. The molecule has 0 aliphatic heterocycles. The average molecular weight is 327 g/mol. The summed E-state index contributed by atoms with van der Waals surface area (Å²) < 4.78 is 9.78. The van der Waals surface area contributed by atoms with Crippen LogP contribution in [0.5, 0.6) is 0 Å². The first-order chi connectivity index (χ1) is 10.4. The number of hydrogen-bond acceptors (Lipinski definition) is 6. The summed E-state index contributed by atoms with van der Waals surface area (Å²) in [6.07, 6.45) is 0. The minimum Gasteiger partial charge on any atom is -0.465 e. The number of aromatic amines is 1. The highest BCUT2D eigenvalue weighted by atomic mass is 32.2. The van der Waals surface area contributed by atoms with Gasteiger partial charge in [-0.2, -0.15) is 0 Å². The summed E-state index contributed by atoms with van der Waals surface area (Å²) in [5.41, 5.74) is 1.98. The van der Waals surface area contributed by atoms with E-state index in [0.29, 0.717) is 29.1 Å². The van der Waals surface area contributed by atoms with Crippen molar-refractivity contribution in [3.8, 4) is 0 Å². The number of esters is 2. The Balaban J connectivity index is 2.72. The number of ether oxygens (including phenoxy) is 2. The third kappa shape index (κ3) is 4.62. The van der Waals surface area contributed by atoms with Crippen LogP contribution < -0.4 is 0 Å². The smallest absolute Gasteiger partial charge is 0.340 e. The molecule has 0 radical (unpaired) electrons. The Morgan fingerprint density at radius 3 is 2.27 bits per heavy atom. The predicted octanol–water partition coefficient (Wildman–Crippen LogP) is 2.29. The molecule has 0 saturated carbocycles. The van der Waals surface area contributed by atoms with Crippen molar-refractivity contribution in [1.82, 2.24) is 4.98 Å². The molecule has 122 valence electrons. The zero-order valence-corrected chi connectivity index (χ0v) is 14.1. The first-order valence-corrected chi connectivity index (χ1v) is 8.20. The number of hydrogen-bond donors (Lipinski definition) is 1. The molecule has 1 aromatic rings. The minimum absolute atomic E-state index is 0.128. The second-order valence-corrected chi connectivity index (χ2v) is 5.55. The zero-order valence-electron chi connectivity index (χ0n) is 13.3. The van der Waals surface area contributed by atoms with Crippen LogP contribution in [0.3, 0.4) is 0 Å². The molecule has 7 heteroatoms. The van der Waals surface area contributed by atoms with E-state index in [1.54, 1.807) is 27.7 Å². The van der Waals surface area contributed by atoms with Gasteiger partial charge in [-0.05, 0) is 33.3 Å². The van der Waals surface area contributed by atoms with E-state index in [-0.39, 0.29) is 29.9 Å². The fourth-order valence-corrected chi connectivity index (χ4v) is 2.72. The maximum atomic E-state index is 12.2. The van der Waals surface area contributed by atoms with Crippen LogP contribution in [0.15, 0.2) is 0 Å². The van der Waals surface area contributed by atoms with Crippen molar-refractivity contribution in [2.45, 2.75) is 27.7 Å². The molecule has 1 rings (SSSR count). The lowest BCUT2D eigenvalue weighted by atomic mass is 10.1.